The second kappa shape index (κ2) is 13.5. The van der Waals surface area contributed by atoms with Crippen LogP contribution in [0.1, 0.15) is 22.8 Å². The van der Waals surface area contributed by atoms with E-state index < -0.39 is 12.1 Å². The Labute approximate surface area is 185 Å². The number of carbonyl (C=O) groups excluding carboxylic acids is 1. The van der Waals surface area contributed by atoms with E-state index in [1.54, 1.807) is 30.3 Å². The molecule has 0 aromatic heterocycles. The number of carboxylic acid groups (broad SMARTS) is 1. The van der Waals surface area contributed by atoms with Crippen LogP contribution >= 0.6 is 23.2 Å². The summed E-state index contributed by atoms with van der Waals surface area (Å²) in [6.07, 6.45) is 0.105. The number of esters is 1. The number of benzene rings is 2. The predicted molar refractivity (Wildman–Crippen MR) is 117 cm³/mol. The number of halogens is 2. The summed E-state index contributed by atoms with van der Waals surface area (Å²) < 4.78 is 14.1. The third-order valence-corrected chi connectivity index (χ3v) is 4.30. The molecule has 0 heterocycles. The number of rotatable bonds is 8. The monoisotopic (exact) mass is 455 g/mol. The van der Waals surface area contributed by atoms with Crippen LogP contribution in [0.5, 0.6) is 0 Å². The fourth-order valence-corrected chi connectivity index (χ4v) is 2.53. The van der Waals surface area contributed by atoms with Crippen LogP contribution in [-0.2, 0) is 14.2 Å². The van der Waals surface area contributed by atoms with Crippen molar-refractivity contribution in [2.75, 3.05) is 25.3 Å². The standard InChI is InChI=1S/C17H17Cl2NO3.C4H6O3/c1-3-22-10-23-17(21)12-6-4-5-7-14(12)20-16-13(18)9-8-11(2)15(16)19;1-2-3-7-4(5)6/h4-9,20H,3,10H2,1-2H3;2H,1,3H2,(H,5,6). The minimum absolute atomic E-state index is 0.0648. The average Bonchev–Trinajstić information content (AvgIpc) is 2.73. The molecule has 2 aromatic rings. The van der Waals surface area contributed by atoms with Crippen molar-refractivity contribution in [3.8, 4) is 0 Å². The zero-order valence-electron chi connectivity index (χ0n) is 16.6. The zero-order chi connectivity index (χ0) is 22.5. The maximum atomic E-state index is 12.2. The van der Waals surface area contributed by atoms with E-state index in [4.69, 9.17) is 37.8 Å². The molecule has 2 N–H and O–H groups in total. The Balaban J connectivity index is 0.000000553. The van der Waals surface area contributed by atoms with E-state index in [0.29, 0.717) is 33.6 Å². The molecular weight excluding hydrogens is 433 g/mol. The quantitative estimate of drug-likeness (QED) is 0.216. The SMILES string of the molecule is C=CCOC(=O)O.CCOCOC(=O)c1ccccc1Nc1c(Cl)ccc(C)c1Cl. The van der Waals surface area contributed by atoms with Crippen molar-refractivity contribution in [2.45, 2.75) is 13.8 Å². The first kappa shape index (κ1) is 25.3. The first-order valence-corrected chi connectivity index (χ1v) is 9.59. The Kier molecular flexibility index (Phi) is 11.4. The summed E-state index contributed by atoms with van der Waals surface area (Å²) in [5.74, 6) is -0.485. The van der Waals surface area contributed by atoms with Crippen LogP contribution in [-0.4, -0.2) is 37.2 Å². The molecule has 2 rings (SSSR count). The molecule has 0 unspecified atom stereocenters. The number of anilines is 2. The topological polar surface area (TPSA) is 94.1 Å². The molecule has 30 heavy (non-hydrogen) atoms. The number of carbonyl (C=O) groups is 2. The molecule has 2 aromatic carbocycles. The van der Waals surface area contributed by atoms with Gasteiger partial charge in [-0.25, -0.2) is 9.59 Å². The third-order valence-electron chi connectivity index (χ3n) is 3.49. The van der Waals surface area contributed by atoms with Gasteiger partial charge >= 0.3 is 12.1 Å². The number of hydrogen-bond donors (Lipinski definition) is 2. The van der Waals surface area contributed by atoms with E-state index in [0.717, 1.165) is 5.56 Å². The van der Waals surface area contributed by atoms with Gasteiger partial charge in [0.05, 0.1) is 27.0 Å². The number of hydrogen-bond acceptors (Lipinski definition) is 6. The Bertz CT molecular complexity index is 873. The van der Waals surface area contributed by atoms with E-state index in [2.05, 4.69) is 16.6 Å². The van der Waals surface area contributed by atoms with Crippen LogP contribution in [0.2, 0.25) is 10.0 Å². The summed E-state index contributed by atoms with van der Waals surface area (Å²) in [4.78, 5) is 21.6. The molecule has 0 fully saturated rings. The van der Waals surface area contributed by atoms with Crippen molar-refractivity contribution in [3.05, 3.63) is 70.2 Å². The highest BCUT2D eigenvalue weighted by atomic mass is 35.5. The number of nitrogens with one attached hydrogen (secondary N) is 1. The minimum Gasteiger partial charge on any atom is -0.450 e. The number of para-hydroxylation sites is 1. The van der Waals surface area contributed by atoms with E-state index in [1.165, 1.54) is 6.08 Å². The van der Waals surface area contributed by atoms with Crippen molar-refractivity contribution in [3.63, 3.8) is 0 Å². The Morgan fingerprint density at radius 1 is 1.17 bits per heavy atom. The normalized spacial score (nSPS) is 9.73. The van der Waals surface area contributed by atoms with Gasteiger partial charge in [-0.1, -0.05) is 54.1 Å². The summed E-state index contributed by atoms with van der Waals surface area (Å²) >= 11 is 12.5. The Morgan fingerprint density at radius 2 is 1.87 bits per heavy atom. The highest BCUT2D eigenvalue weighted by Gasteiger charge is 2.15. The van der Waals surface area contributed by atoms with Crippen LogP contribution in [0, 0.1) is 6.92 Å². The predicted octanol–water partition coefficient (Wildman–Crippen LogP) is 6.06. The van der Waals surface area contributed by atoms with Crippen molar-refractivity contribution in [2.24, 2.45) is 0 Å². The first-order chi connectivity index (χ1) is 14.3. The maximum Gasteiger partial charge on any atom is 0.506 e. The summed E-state index contributed by atoms with van der Waals surface area (Å²) in [7, 11) is 0. The van der Waals surface area contributed by atoms with Gasteiger partial charge in [-0.3, -0.25) is 0 Å². The lowest BCUT2D eigenvalue weighted by atomic mass is 10.1. The summed E-state index contributed by atoms with van der Waals surface area (Å²) in [5, 5.41) is 11.9. The summed E-state index contributed by atoms with van der Waals surface area (Å²) in [6, 6.07) is 10.6. The van der Waals surface area contributed by atoms with Crippen LogP contribution in [0.3, 0.4) is 0 Å². The van der Waals surface area contributed by atoms with E-state index >= 15 is 0 Å². The van der Waals surface area contributed by atoms with Gasteiger partial charge in [-0.2, -0.15) is 0 Å². The molecule has 7 nitrogen and oxygen atoms in total. The van der Waals surface area contributed by atoms with Gasteiger partial charge < -0.3 is 24.6 Å². The maximum absolute atomic E-state index is 12.2. The lowest BCUT2D eigenvalue weighted by Gasteiger charge is -2.15. The van der Waals surface area contributed by atoms with Crippen LogP contribution in [0.4, 0.5) is 16.2 Å². The summed E-state index contributed by atoms with van der Waals surface area (Å²) in [5.41, 5.74) is 2.37. The molecule has 0 aliphatic carbocycles. The van der Waals surface area contributed by atoms with Gasteiger partial charge in [-0.15, -0.1) is 0 Å². The molecule has 162 valence electrons. The highest BCUT2D eigenvalue weighted by molar-refractivity contribution is 6.39. The largest absolute Gasteiger partial charge is 0.506 e. The molecule has 0 saturated heterocycles. The van der Waals surface area contributed by atoms with Crippen LogP contribution in [0.15, 0.2) is 49.1 Å². The molecule has 9 heteroatoms. The highest BCUT2D eigenvalue weighted by Crippen LogP contribution is 2.36. The Hall–Kier alpha value is -2.74. The molecular formula is C21H23Cl2NO6. The second-order valence-corrected chi connectivity index (χ2v) is 6.42. The average molecular weight is 456 g/mol. The molecule has 0 radical (unpaired) electrons. The van der Waals surface area contributed by atoms with Gasteiger partial charge in [0.1, 0.15) is 6.61 Å². The summed E-state index contributed by atoms with van der Waals surface area (Å²) in [6.45, 7) is 7.40. The second-order valence-electron chi connectivity index (χ2n) is 5.63. The smallest absolute Gasteiger partial charge is 0.450 e. The molecule has 0 atom stereocenters. The molecule has 0 amide bonds. The van der Waals surface area contributed by atoms with Gasteiger partial charge in [0.25, 0.3) is 0 Å². The molecule has 0 bridgehead atoms. The molecule has 0 aliphatic rings. The third kappa shape index (κ3) is 8.32. The van der Waals surface area contributed by atoms with Gasteiger partial charge in [0, 0.05) is 6.61 Å². The van der Waals surface area contributed by atoms with Gasteiger partial charge in [-0.05, 0) is 37.6 Å². The van der Waals surface area contributed by atoms with Crippen molar-refractivity contribution < 1.29 is 28.9 Å². The van der Waals surface area contributed by atoms with Crippen LogP contribution < -0.4 is 5.32 Å². The lowest BCUT2D eigenvalue weighted by Crippen LogP contribution is -2.11. The van der Waals surface area contributed by atoms with Crippen molar-refractivity contribution in [1.82, 2.24) is 0 Å². The van der Waals surface area contributed by atoms with Crippen LogP contribution in [0.25, 0.3) is 0 Å². The molecule has 0 spiro atoms. The molecule has 0 saturated carbocycles. The van der Waals surface area contributed by atoms with E-state index in [9.17, 15) is 9.59 Å². The number of aryl methyl sites for hydroxylation is 1. The van der Waals surface area contributed by atoms with Crippen molar-refractivity contribution in [1.29, 1.82) is 0 Å². The number of ether oxygens (including phenoxy) is 3. The fourth-order valence-electron chi connectivity index (χ4n) is 2.06. The fraction of sp³-hybridized carbons (Fsp3) is 0.238. The van der Waals surface area contributed by atoms with Crippen molar-refractivity contribution >= 4 is 46.7 Å². The van der Waals surface area contributed by atoms with Gasteiger partial charge in [0.15, 0.2) is 6.79 Å². The van der Waals surface area contributed by atoms with Gasteiger partial charge in [0.2, 0.25) is 0 Å². The molecule has 0 aliphatic heterocycles. The zero-order valence-corrected chi connectivity index (χ0v) is 18.1. The van der Waals surface area contributed by atoms with E-state index in [-0.39, 0.29) is 13.4 Å². The minimum atomic E-state index is -1.26. The first-order valence-electron chi connectivity index (χ1n) is 8.83. The lowest BCUT2D eigenvalue weighted by molar-refractivity contribution is -0.0273. The Morgan fingerprint density at radius 3 is 2.47 bits per heavy atom. The van der Waals surface area contributed by atoms with E-state index in [1.807, 2.05) is 19.9 Å².